The van der Waals surface area contributed by atoms with E-state index in [9.17, 15) is 14.9 Å². The molecule has 1 aliphatic carbocycles. The van der Waals surface area contributed by atoms with Gasteiger partial charge in [-0.15, -0.1) is 0 Å². The number of fused-ring (bicyclic) bond motifs is 1. The third kappa shape index (κ3) is 4.41. The summed E-state index contributed by atoms with van der Waals surface area (Å²) in [5.74, 6) is 0.268. The largest absolute Gasteiger partial charge is 0.343 e. The highest BCUT2D eigenvalue weighted by Gasteiger charge is 2.43. The van der Waals surface area contributed by atoms with Crippen molar-refractivity contribution in [1.29, 1.82) is 0 Å². The lowest BCUT2D eigenvalue weighted by atomic mass is 9.69. The van der Waals surface area contributed by atoms with Crippen molar-refractivity contribution in [2.45, 2.75) is 32.6 Å². The molecule has 7 nitrogen and oxygen atoms in total. The van der Waals surface area contributed by atoms with Gasteiger partial charge in [-0.25, -0.2) is 4.68 Å². The van der Waals surface area contributed by atoms with Crippen molar-refractivity contribution in [2.75, 3.05) is 5.32 Å². The molecule has 0 saturated heterocycles. The second-order valence-corrected chi connectivity index (χ2v) is 11.5. The molecule has 1 aliphatic heterocycles. The Morgan fingerprint density at radius 1 is 1.00 bits per heavy atom. The number of halogens is 2. The lowest BCUT2D eigenvalue weighted by Crippen LogP contribution is -2.34. The molecule has 2 aliphatic rings. The molecule has 2 heterocycles. The summed E-state index contributed by atoms with van der Waals surface area (Å²) in [6.45, 7) is 4.15. The number of non-ortho nitro benzene ring substituents is 1. The van der Waals surface area contributed by atoms with Gasteiger partial charge in [0.15, 0.2) is 5.78 Å². The number of carbonyl (C=O) groups is 1. The first-order valence-corrected chi connectivity index (χ1v) is 13.3. The minimum Gasteiger partial charge on any atom is -0.343 e. The molecule has 1 unspecified atom stereocenters. The highest BCUT2D eigenvalue weighted by molar-refractivity contribution is 6.42. The summed E-state index contributed by atoms with van der Waals surface area (Å²) in [6.07, 6.45) is 1.08. The van der Waals surface area contributed by atoms with Gasteiger partial charge in [0.25, 0.3) is 5.69 Å². The Hall–Kier alpha value is -3.94. The summed E-state index contributed by atoms with van der Waals surface area (Å²) in [6, 6.07) is 21.5. The third-order valence-corrected chi connectivity index (χ3v) is 8.04. The van der Waals surface area contributed by atoms with Gasteiger partial charge in [-0.05, 0) is 35.6 Å². The molecule has 0 fully saturated rings. The molecule has 3 aromatic carbocycles. The molecular formula is C30H24Cl2N4O3. The molecule has 6 rings (SSSR count). The van der Waals surface area contributed by atoms with Gasteiger partial charge in [0.2, 0.25) is 0 Å². The average Bonchev–Trinajstić information content (AvgIpc) is 3.28. The lowest BCUT2D eigenvalue weighted by molar-refractivity contribution is -0.384. The van der Waals surface area contributed by atoms with Crippen LogP contribution >= 0.6 is 23.2 Å². The zero-order valence-corrected chi connectivity index (χ0v) is 22.8. The second kappa shape index (κ2) is 9.36. The number of benzene rings is 3. The monoisotopic (exact) mass is 558 g/mol. The summed E-state index contributed by atoms with van der Waals surface area (Å²) < 4.78 is 1.70. The van der Waals surface area contributed by atoms with Crippen molar-refractivity contribution in [3.05, 3.63) is 115 Å². The number of hydrogen-bond donors (Lipinski definition) is 1. The van der Waals surface area contributed by atoms with Crippen LogP contribution in [0.3, 0.4) is 0 Å². The number of anilines is 1. The van der Waals surface area contributed by atoms with Crippen molar-refractivity contribution in [2.24, 2.45) is 5.41 Å². The highest BCUT2D eigenvalue weighted by Crippen LogP contribution is 2.52. The Morgan fingerprint density at radius 3 is 2.49 bits per heavy atom. The number of ketones is 1. The van der Waals surface area contributed by atoms with E-state index >= 15 is 0 Å². The molecule has 39 heavy (non-hydrogen) atoms. The van der Waals surface area contributed by atoms with Crippen LogP contribution in [0.25, 0.3) is 16.9 Å². The molecule has 9 heteroatoms. The zero-order valence-electron chi connectivity index (χ0n) is 21.2. The van der Waals surface area contributed by atoms with Crippen molar-refractivity contribution < 1.29 is 9.72 Å². The summed E-state index contributed by atoms with van der Waals surface area (Å²) in [7, 11) is 0. The molecular weight excluding hydrogens is 535 g/mol. The molecule has 0 bridgehead atoms. The summed E-state index contributed by atoms with van der Waals surface area (Å²) in [5.41, 5.74) is 4.93. The van der Waals surface area contributed by atoms with Crippen molar-refractivity contribution in [3.63, 3.8) is 0 Å². The van der Waals surface area contributed by atoms with E-state index < -0.39 is 10.8 Å². The van der Waals surface area contributed by atoms with E-state index in [0.717, 1.165) is 22.4 Å². The van der Waals surface area contributed by atoms with Crippen LogP contribution < -0.4 is 5.32 Å². The summed E-state index contributed by atoms with van der Waals surface area (Å²) in [4.78, 5) is 24.9. The molecule has 0 spiro atoms. The minimum atomic E-state index is -0.461. The number of allylic oxidation sites excluding steroid dienone is 2. The molecule has 1 N–H and O–H groups in total. The fraction of sp³-hybridized carbons (Fsp3) is 0.200. The van der Waals surface area contributed by atoms with E-state index in [4.69, 9.17) is 28.3 Å². The quantitative estimate of drug-likeness (QED) is 0.202. The first-order chi connectivity index (χ1) is 18.6. The van der Waals surface area contributed by atoms with Crippen LogP contribution in [0.4, 0.5) is 11.5 Å². The summed E-state index contributed by atoms with van der Waals surface area (Å²) in [5, 5.41) is 21.0. The van der Waals surface area contributed by atoms with Crippen molar-refractivity contribution in [3.8, 4) is 16.9 Å². The SMILES string of the molecule is CC1(C)CC(=O)C2=C(C1)Nc1c(c(-c3ccccc3)nn1-c1cccc([N+](=O)[O-])c1)C2c1ccc(Cl)c(Cl)c1. The highest BCUT2D eigenvalue weighted by atomic mass is 35.5. The first-order valence-electron chi connectivity index (χ1n) is 12.5. The third-order valence-electron chi connectivity index (χ3n) is 7.30. The molecule has 1 aromatic heterocycles. The van der Waals surface area contributed by atoms with Crippen LogP contribution in [0, 0.1) is 15.5 Å². The Labute approximate surface area is 235 Å². The maximum absolute atomic E-state index is 13.8. The molecule has 0 radical (unpaired) electrons. The molecule has 0 saturated carbocycles. The number of hydrogen-bond acceptors (Lipinski definition) is 5. The van der Waals surface area contributed by atoms with E-state index in [2.05, 4.69) is 19.2 Å². The normalized spacial score (nSPS) is 17.8. The zero-order chi connectivity index (χ0) is 27.5. The molecule has 0 amide bonds. The van der Waals surface area contributed by atoms with Crippen molar-refractivity contribution in [1.82, 2.24) is 9.78 Å². The lowest BCUT2D eigenvalue weighted by Gasteiger charge is -2.39. The second-order valence-electron chi connectivity index (χ2n) is 10.7. The van der Waals surface area contributed by atoms with Gasteiger partial charge >= 0.3 is 0 Å². The number of nitro groups is 1. The van der Waals surface area contributed by atoms with Crippen LogP contribution in [0.2, 0.25) is 10.0 Å². The predicted molar refractivity (Wildman–Crippen MR) is 153 cm³/mol. The maximum atomic E-state index is 13.8. The van der Waals surface area contributed by atoms with Gasteiger partial charge in [0.1, 0.15) is 5.82 Å². The number of nitrogens with one attached hydrogen (secondary N) is 1. The van der Waals surface area contributed by atoms with Gasteiger partial charge in [0, 0.05) is 46.9 Å². The average molecular weight is 559 g/mol. The minimum absolute atomic E-state index is 0.0382. The van der Waals surface area contributed by atoms with Crippen molar-refractivity contribution >= 4 is 40.5 Å². The predicted octanol–water partition coefficient (Wildman–Crippen LogP) is 7.95. The Kier molecular flexibility index (Phi) is 6.08. The molecule has 196 valence electrons. The first kappa shape index (κ1) is 25.3. The van der Waals surface area contributed by atoms with E-state index in [0.29, 0.717) is 45.7 Å². The van der Waals surface area contributed by atoms with Gasteiger partial charge in [-0.1, -0.05) is 79.5 Å². The van der Waals surface area contributed by atoms with E-state index in [-0.39, 0.29) is 16.9 Å². The van der Waals surface area contributed by atoms with E-state index in [1.807, 2.05) is 36.4 Å². The van der Waals surface area contributed by atoms with E-state index in [1.165, 1.54) is 12.1 Å². The topological polar surface area (TPSA) is 90.1 Å². The van der Waals surface area contributed by atoms with Crippen LogP contribution in [0.5, 0.6) is 0 Å². The number of aromatic nitrogens is 2. The maximum Gasteiger partial charge on any atom is 0.271 e. The number of rotatable bonds is 4. The standard InChI is InChI=1S/C30H24Cl2N4O3/c1-30(2)15-23-26(24(37)16-30)25(18-11-12-21(31)22(32)13-18)27-28(17-7-4-3-5-8-17)34-35(29(27)33-23)19-9-6-10-20(14-19)36(38)39/h3-14,25,33H,15-16H2,1-2H3. The van der Waals surface area contributed by atoms with Crippen LogP contribution in [0.1, 0.15) is 43.7 Å². The van der Waals surface area contributed by atoms with Crippen LogP contribution in [0.15, 0.2) is 84.1 Å². The van der Waals surface area contributed by atoms with Gasteiger partial charge in [0.05, 0.1) is 26.3 Å². The Balaban J connectivity index is 1.68. The Morgan fingerprint density at radius 2 is 1.77 bits per heavy atom. The molecule has 1 atom stereocenters. The molecule has 4 aromatic rings. The Bertz CT molecular complexity index is 1690. The number of Topliss-reactive ketones (excluding diaryl/α,β-unsaturated/α-hetero) is 1. The van der Waals surface area contributed by atoms with E-state index in [1.54, 1.807) is 28.9 Å². The number of carbonyl (C=O) groups excluding carboxylic acids is 1. The van der Waals surface area contributed by atoms with Gasteiger partial charge in [-0.2, -0.15) is 5.10 Å². The fourth-order valence-electron chi connectivity index (χ4n) is 5.65. The fourth-order valence-corrected chi connectivity index (χ4v) is 5.96. The smallest absolute Gasteiger partial charge is 0.271 e. The van der Waals surface area contributed by atoms with Crippen LogP contribution in [-0.4, -0.2) is 20.5 Å². The summed E-state index contributed by atoms with van der Waals surface area (Å²) >= 11 is 12.8. The van der Waals surface area contributed by atoms with Gasteiger partial charge in [-0.3, -0.25) is 14.9 Å². The van der Waals surface area contributed by atoms with Crippen LogP contribution in [-0.2, 0) is 4.79 Å². The number of nitrogens with zero attached hydrogens (tertiary/aromatic N) is 3. The number of nitro benzene ring substituents is 1. The van der Waals surface area contributed by atoms with Gasteiger partial charge < -0.3 is 5.32 Å².